The molecule has 3 aromatic carbocycles. The summed E-state index contributed by atoms with van der Waals surface area (Å²) in [7, 11) is -7.91. The molecule has 0 aliphatic rings. The Kier molecular flexibility index (Phi) is 9.84. The van der Waals surface area contributed by atoms with Gasteiger partial charge in [-0.1, -0.05) is 119 Å². The Labute approximate surface area is 267 Å². The smallest absolute Gasteiger partial charge is 0.182 e. The fraction of sp³-hybridized carbons (Fsp3) is 0.514. The summed E-state index contributed by atoms with van der Waals surface area (Å²) in [5, 5.41) is 10.0. The maximum atomic E-state index is 13.9. The van der Waals surface area contributed by atoms with Crippen molar-refractivity contribution in [3.05, 3.63) is 93.5 Å². The minimum atomic E-state index is -3.95. The van der Waals surface area contributed by atoms with Crippen molar-refractivity contribution in [3.8, 4) is 0 Å². The molecule has 0 aliphatic heterocycles. The zero-order valence-electron chi connectivity index (χ0n) is 28.7. The molecule has 0 aromatic heterocycles. The largest absolute Gasteiger partial charge is 0.392 e. The number of rotatable bonds is 7. The van der Waals surface area contributed by atoms with E-state index in [-0.39, 0.29) is 48.5 Å². The van der Waals surface area contributed by atoms with Gasteiger partial charge in [-0.25, -0.2) is 16.8 Å². The van der Waals surface area contributed by atoms with Crippen LogP contribution in [0.2, 0.25) is 0 Å². The normalized spacial score (nSPS) is 13.8. The molecule has 242 valence electrons. The summed E-state index contributed by atoms with van der Waals surface area (Å²) in [6, 6.07) is 16.0. The van der Waals surface area contributed by atoms with E-state index in [2.05, 4.69) is 95.2 Å². The van der Waals surface area contributed by atoms with Gasteiger partial charge in [-0.15, -0.1) is 0 Å². The van der Waals surface area contributed by atoms with Crippen molar-refractivity contribution in [2.45, 2.75) is 133 Å². The SMILES string of the molecule is CC(C)(C)c1cc(CS(=O)(=O)c2cc(CO)cc(S(=O)(=O)Cc3cc(C(C)(C)C)cc(C(C)(C)C)c3)c2)cc(C(C)(C)C)c1. The third-order valence-electron chi connectivity index (χ3n) is 8.00. The molecule has 0 spiro atoms. The summed E-state index contributed by atoms with van der Waals surface area (Å²) >= 11 is 0. The Balaban J connectivity index is 2.11. The molecule has 0 aliphatic carbocycles. The molecule has 0 radical (unpaired) electrons. The first kappa shape index (κ1) is 36.0. The quantitative estimate of drug-likeness (QED) is 0.281. The number of hydrogen-bond donors (Lipinski definition) is 1. The third-order valence-corrected chi connectivity index (χ3v) is 11.3. The van der Waals surface area contributed by atoms with Crippen molar-refractivity contribution in [3.63, 3.8) is 0 Å². The summed E-state index contributed by atoms with van der Waals surface area (Å²) in [6.45, 7) is 24.6. The Morgan fingerprint density at radius 3 is 0.932 bits per heavy atom. The van der Waals surface area contributed by atoms with Crippen LogP contribution < -0.4 is 0 Å². The van der Waals surface area contributed by atoms with Gasteiger partial charge in [-0.05, 0) is 78.8 Å². The molecular formula is C37H52O5S2. The van der Waals surface area contributed by atoms with Crippen molar-refractivity contribution in [2.75, 3.05) is 0 Å². The van der Waals surface area contributed by atoms with E-state index in [9.17, 15) is 21.9 Å². The van der Waals surface area contributed by atoms with Gasteiger partial charge in [0.15, 0.2) is 19.7 Å². The van der Waals surface area contributed by atoms with Gasteiger partial charge in [0.05, 0.1) is 27.9 Å². The second-order valence-electron chi connectivity index (χ2n) is 16.3. The molecule has 1 N–H and O–H groups in total. The van der Waals surface area contributed by atoms with Crippen LogP contribution in [-0.2, 0) is 59.4 Å². The second kappa shape index (κ2) is 12.0. The molecule has 0 atom stereocenters. The average Bonchev–Trinajstić information content (AvgIpc) is 2.85. The summed E-state index contributed by atoms with van der Waals surface area (Å²) < 4.78 is 55.5. The predicted molar refractivity (Wildman–Crippen MR) is 182 cm³/mol. The van der Waals surface area contributed by atoms with E-state index < -0.39 is 26.3 Å². The van der Waals surface area contributed by atoms with Crippen molar-refractivity contribution >= 4 is 19.7 Å². The van der Waals surface area contributed by atoms with E-state index in [1.807, 2.05) is 24.3 Å². The molecule has 7 heteroatoms. The van der Waals surface area contributed by atoms with Crippen LogP contribution in [0.4, 0.5) is 0 Å². The molecule has 3 aromatic rings. The first-order valence-electron chi connectivity index (χ1n) is 15.2. The van der Waals surface area contributed by atoms with Gasteiger partial charge in [-0.2, -0.15) is 0 Å². The van der Waals surface area contributed by atoms with Crippen LogP contribution in [0, 0.1) is 0 Å². The topological polar surface area (TPSA) is 88.5 Å². The summed E-state index contributed by atoms with van der Waals surface area (Å²) in [5.74, 6) is -0.562. The predicted octanol–water partition coefficient (Wildman–Crippen LogP) is 8.32. The van der Waals surface area contributed by atoms with Gasteiger partial charge in [0.1, 0.15) is 0 Å². The summed E-state index contributed by atoms with van der Waals surface area (Å²) in [6.07, 6.45) is 0. The second-order valence-corrected chi connectivity index (χ2v) is 20.3. The first-order chi connectivity index (χ1) is 19.7. The standard InChI is InChI=1S/C37H52O5S2/c1-34(2,3)28-13-26(14-29(19-28)35(4,5)6)23-43(39,40)32-17-25(22-38)18-33(21-32)44(41,42)24-27-15-30(36(7,8)9)20-31(16-27)37(10,11)12/h13-21,38H,22-24H2,1-12H3. The molecular weight excluding hydrogens is 589 g/mol. The molecule has 0 amide bonds. The lowest BCUT2D eigenvalue weighted by atomic mass is 9.80. The Morgan fingerprint density at radius 1 is 0.432 bits per heavy atom. The van der Waals surface area contributed by atoms with Crippen molar-refractivity contribution < 1.29 is 21.9 Å². The van der Waals surface area contributed by atoms with Crippen LogP contribution in [0.1, 0.15) is 122 Å². The Bertz CT molecular complexity index is 1550. The maximum absolute atomic E-state index is 13.9. The highest BCUT2D eigenvalue weighted by Gasteiger charge is 2.27. The molecule has 0 saturated carbocycles. The number of benzene rings is 3. The molecule has 44 heavy (non-hydrogen) atoms. The highest BCUT2D eigenvalue weighted by atomic mass is 32.2. The number of sulfone groups is 2. The lowest BCUT2D eigenvalue weighted by molar-refractivity contribution is 0.281. The van der Waals surface area contributed by atoms with E-state index in [1.165, 1.54) is 18.2 Å². The lowest BCUT2D eigenvalue weighted by Crippen LogP contribution is -2.18. The minimum Gasteiger partial charge on any atom is -0.392 e. The molecule has 5 nitrogen and oxygen atoms in total. The van der Waals surface area contributed by atoms with E-state index in [1.54, 1.807) is 0 Å². The van der Waals surface area contributed by atoms with Crippen molar-refractivity contribution in [1.82, 2.24) is 0 Å². The molecule has 0 unspecified atom stereocenters. The number of aliphatic hydroxyl groups excluding tert-OH is 1. The number of hydrogen-bond acceptors (Lipinski definition) is 5. The monoisotopic (exact) mass is 640 g/mol. The molecule has 3 rings (SSSR count). The van der Waals surface area contributed by atoms with Crippen molar-refractivity contribution in [2.24, 2.45) is 0 Å². The van der Waals surface area contributed by atoms with E-state index in [4.69, 9.17) is 0 Å². The van der Waals surface area contributed by atoms with Gasteiger partial charge >= 0.3 is 0 Å². The van der Waals surface area contributed by atoms with E-state index >= 15 is 0 Å². The highest BCUT2D eigenvalue weighted by molar-refractivity contribution is 7.91. The van der Waals surface area contributed by atoms with Crippen LogP contribution >= 0.6 is 0 Å². The van der Waals surface area contributed by atoms with Crippen LogP contribution in [0.15, 0.2) is 64.4 Å². The zero-order valence-corrected chi connectivity index (χ0v) is 30.3. The molecule has 0 fully saturated rings. The van der Waals surface area contributed by atoms with Gasteiger partial charge in [0.25, 0.3) is 0 Å². The van der Waals surface area contributed by atoms with Gasteiger partial charge < -0.3 is 5.11 Å². The fourth-order valence-corrected chi connectivity index (χ4v) is 7.86. The first-order valence-corrected chi connectivity index (χ1v) is 18.5. The Morgan fingerprint density at radius 2 is 0.705 bits per heavy atom. The van der Waals surface area contributed by atoms with E-state index in [0.29, 0.717) is 11.1 Å². The Hall–Kier alpha value is -2.48. The average molecular weight is 641 g/mol. The molecule has 0 saturated heterocycles. The minimum absolute atomic E-state index is 0.111. The number of aliphatic hydroxyl groups is 1. The molecule has 0 heterocycles. The fourth-order valence-electron chi connectivity index (χ4n) is 4.97. The van der Waals surface area contributed by atoms with Gasteiger partial charge in [0, 0.05) is 0 Å². The van der Waals surface area contributed by atoms with Crippen LogP contribution in [0.3, 0.4) is 0 Å². The van der Waals surface area contributed by atoms with Gasteiger partial charge in [0.2, 0.25) is 0 Å². The van der Waals surface area contributed by atoms with Crippen LogP contribution in [-0.4, -0.2) is 21.9 Å². The van der Waals surface area contributed by atoms with Crippen molar-refractivity contribution in [1.29, 1.82) is 0 Å². The zero-order chi connectivity index (χ0) is 33.7. The lowest BCUT2D eigenvalue weighted by Gasteiger charge is -2.26. The summed E-state index contributed by atoms with van der Waals surface area (Å²) in [5.41, 5.74) is 4.94. The third kappa shape index (κ3) is 8.82. The summed E-state index contributed by atoms with van der Waals surface area (Å²) in [4.78, 5) is -0.222. The van der Waals surface area contributed by atoms with E-state index in [0.717, 1.165) is 22.3 Å². The highest BCUT2D eigenvalue weighted by Crippen LogP contribution is 2.34. The van der Waals surface area contributed by atoms with Crippen LogP contribution in [0.5, 0.6) is 0 Å². The van der Waals surface area contributed by atoms with Crippen LogP contribution in [0.25, 0.3) is 0 Å². The van der Waals surface area contributed by atoms with Gasteiger partial charge in [-0.3, -0.25) is 0 Å². The molecule has 0 bridgehead atoms. The maximum Gasteiger partial charge on any atom is 0.182 e.